The summed E-state index contributed by atoms with van der Waals surface area (Å²) in [6, 6.07) is 10.8. The highest BCUT2D eigenvalue weighted by atomic mass is 35.5. The van der Waals surface area contributed by atoms with Crippen LogP contribution in [0, 0.1) is 0 Å². The highest BCUT2D eigenvalue weighted by molar-refractivity contribution is 7.90. The highest BCUT2D eigenvalue weighted by Gasteiger charge is 2.27. The number of benzene rings is 2. The van der Waals surface area contributed by atoms with Crippen molar-refractivity contribution >= 4 is 33.4 Å². The molecule has 0 radical (unpaired) electrons. The van der Waals surface area contributed by atoms with Crippen molar-refractivity contribution in [3.8, 4) is 16.9 Å². The predicted molar refractivity (Wildman–Crippen MR) is 138 cm³/mol. The van der Waals surface area contributed by atoms with Gasteiger partial charge in [-0.2, -0.15) is 0 Å². The van der Waals surface area contributed by atoms with E-state index >= 15 is 0 Å². The number of methoxy groups -OCH3 is 1. The van der Waals surface area contributed by atoms with E-state index in [0.717, 1.165) is 0 Å². The number of carbonyl (C=O) groups excluding carboxylic acids is 2. The van der Waals surface area contributed by atoms with Crippen molar-refractivity contribution in [1.82, 2.24) is 0 Å². The lowest BCUT2D eigenvalue weighted by molar-refractivity contribution is -0.155. The Morgan fingerprint density at radius 3 is 2.46 bits per heavy atom. The number of esters is 2. The first-order valence-corrected chi connectivity index (χ1v) is 13.5. The van der Waals surface area contributed by atoms with Crippen LogP contribution in [0.5, 0.6) is 5.75 Å². The van der Waals surface area contributed by atoms with Gasteiger partial charge >= 0.3 is 11.9 Å². The van der Waals surface area contributed by atoms with Crippen LogP contribution in [-0.2, 0) is 29.9 Å². The van der Waals surface area contributed by atoms with Gasteiger partial charge in [0.25, 0.3) is 0 Å². The summed E-state index contributed by atoms with van der Waals surface area (Å²) in [4.78, 5) is 25.0. The van der Waals surface area contributed by atoms with Gasteiger partial charge in [-0.05, 0) is 57.0 Å². The molecule has 1 heterocycles. The molecule has 0 saturated carbocycles. The molecule has 37 heavy (non-hydrogen) atoms. The monoisotopic (exact) mass is 548 g/mol. The standard InChI is InChI=1S/C27H29ClO8S/c1-27(2,3)36-23(29)9-6-13-35-25-22(18-12-14-34-16-18)11-10-19(24(25)26(30)33-4)17-37(31,32)21-8-5-7-20(28)15-21/h5,7-8,10-12,14-16H,6,9,13,17H2,1-4H3. The van der Waals surface area contributed by atoms with Crippen molar-refractivity contribution in [2.75, 3.05) is 13.7 Å². The van der Waals surface area contributed by atoms with E-state index in [-0.39, 0.29) is 45.8 Å². The Morgan fingerprint density at radius 1 is 1.08 bits per heavy atom. The second kappa shape index (κ2) is 11.8. The van der Waals surface area contributed by atoms with Crippen molar-refractivity contribution in [3.63, 3.8) is 0 Å². The molecule has 0 atom stereocenters. The van der Waals surface area contributed by atoms with Gasteiger partial charge in [0.05, 0.1) is 36.9 Å². The van der Waals surface area contributed by atoms with Gasteiger partial charge in [0.1, 0.15) is 16.9 Å². The molecule has 0 aliphatic heterocycles. The van der Waals surface area contributed by atoms with Crippen LogP contribution in [0.3, 0.4) is 0 Å². The molecule has 1 aromatic heterocycles. The number of rotatable bonds is 10. The Labute approximate surface area is 221 Å². The molecule has 2 aromatic carbocycles. The molecule has 8 nitrogen and oxygen atoms in total. The van der Waals surface area contributed by atoms with Gasteiger partial charge in [-0.25, -0.2) is 13.2 Å². The van der Waals surface area contributed by atoms with Crippen molar-refractivity contribution in [1.29, 1.82) is 0 Å². The quantitative estimate of drug-likeness (QED) is 0.229. The third-order valence-corrected chi connectivity index (χ3v) is 7.06. The predicted octanol–water partition coefficient (Wildman–Crippen LogP) is 5.86. The summed E-state index contributed by atoms with van der Waals surface area (Å²) >= 11 is 5.99. The van der Waals surface area contributed by atoms with Crippen LogP contribution in [0.1, 0.15) is 49.5 Å². The van der Waals surface area contributed by atoms with Crippen molar-refractivity contribution in [2.24, 2.45) is 0 Å². The summed E-state index contributed by atoms with van der Waals surface area (Å²) in [6.45, 7) is 5.41. The van der Waals surface area contributed by atoms with Crippen LogP contribution in [-0.4, -0.2) is 39.7 Å². The lowest BCUT2D eigenvalue weighted by atomic mass is 9.99. The zero-order valence-electron chi connectivity index (χ0n) is 21.1. The highest BCUT2D eigenvalue weighted by Crippen LogP contribution is 2.37. The van der Waals surface area contributed by atoms with Crippen LogP contribution in [0.15, 0.2) is 64.3 Å². The second-order valence-corrected chi connectivity index (χ2v) is 11.7. The molecular weight excluding hydrogens is 520 g/mol. The topological polar surface area (TPSA) is 109 Å². The Bertz CT molecular complexity index is 1360. The Morgan fingerprint density at radius 2 is 1.84 bits per heavy atom. The Balaban J connectivity index is 1.97. The number of hydrogen-bond acceptors (Lipinski definition) is 8. The average molecular weight is 549 g/mol. The van der Waals surface area contributed by atoms with Crippen LogP contribution in [0.2, 0.25) is 5.02 Å². The smallest absolute Gasteiger partial charge is 0.341 e. The first-order valence-electron chi connectivity index (χ1n) is 11.5. The summed E-state index contributed by atoms with van der Waals surface area (Å²) in [5.74, 6) is -1.49. The molecule has 0 N–H and O–H groups in total. The van der Waals surface area contributed by atoms with Crippen LogP contribution in [0.25, 0.3) is 11.1 Å². The number of halogens is 1. The maximum Gasteiger partial charge on any atom is 0.341 e. The summed E-state index contributed by atoms with van der Waals surface area (Å²) < 4.78 is 47.9. The molecule has 3 aromatic rings. The van der Waals surface area contributed by atoms with Gasteiger partial charge in [0.15, 0.2) is 9.84 Å². The fraction of sp³-hybridized carbons (Fsp3) is 0.333. The van der Waals surface area contributed by atoms with Gasteiger partial charge < -0.3 is 18.6 Å². The first-order chi connectivity index (χ1) is 17.4. The van der Waals surface area contributed by atoms with E-state index < -0.39 is 27.2 Å². The van der Waals surface area contributed by atoms with Crippen molar-refractivity contribution < 1.29 is 36.6 Å². The Hall–Kier alpha value is -3.30. The summed E-state index contributed by atoms with van der Waals surface area (Å²) in [5.41, 5.74) is 0.699. The fourth-order valence-corrected chi connectivity index (χ4v) is 5.26. The average Bonchev–Trinajstić information content (AvgIpc) is 3.35. The number of hydrogen-bond donors (Lipinski definition) is 0. The summed E-state index contributed by atoms with van der Waals surface area (Å²) in [5, 5.41) is 0.276. The van der Waals surface area contributed by atoms with Gasteiger partial charge in [-0.3, -0.25) is 4.79 Å². The van der Waals surface area contributed by atoms with E-state index in [0.29, 0.717) is 17.5 Å². The minimum atomic E-state index is -3.86. The molecule has 0 saturated heterocycles. The SMILES string of the molecule is COC(=O)c1c(CS(=O)(=O)c2cccc(Cl)c2)ccc(-c2ccoc2)c1OCCCC(=O)OC(C)(C)C. The third kappa shape index (κ3) is 7.60. The molecule has 0 aliphatic carbocycles. The zero-order chi connectivity index (χ0) is 27.2. The van der Waals surface area contributed by atoms with E-state index in [1.165, 1.54) is 37.8 Å². The number of sulfone groups is 1. The Kier molecular flexibility index (Phi) is 9.04. The first kappa shape index (κ1) is 28.3. The maximum atomic E-state index is 13.2. The largest absolute Gasteiger partial charge is 0.492 e. The number of carbonyl (C=O) groups is 2. The second-order valence-electron chi connectivity index (χ2n) is 9.23. The van der Waals surface area contributed by atoms with E-state index in [4.69, 9.17) is 30.2 Å². The third-order valence-electron chi connectivity index (χ3n) is 5.16. The van der Waals surface area contributed by atoms with Gasteiger partial charge in [0, 0.05) is 22.6 Å². The number of furan rings is 1. The van der Waals surface area contributed by atoms with Crippen LogP contribution < -0.4 is 4.74 Å². The van der Waals surface area contributed by atoms with Gasteiger partial charge in [-0.15, -0.1) is 0 Å². The summed E-state index contributed by atoms with van der Waals surface area (Å²) in [7, 11) is -2.66. The van der Waals surface area contributed by atoms with Crippen molar-refractivity contribution in [2.45, 2.75) is 49.9 Å². The lowest BCUT2D eigenvalue weighted by Gasteiger charge is -2.20. The van der Waals surface area contributed by atoms with Crippen LogP contribution in [0.4, 0.5) is 0 Å². The fourth-order valence-electron chi connectivity index (χ4n) is 3.60. The molecule has 0 amide bonds. The van der Waals surface area contributed by atoms with E-state index in [1.54, 1.807) is 45.0 Å². The minimum absolute atomic E-state index is 0.0227. The molecule has 0 aliphatic rings. The van der Waals surface area contributed by atoms with E-state index in [1.807, 2.05) is 0 Å². The van der Waals surface area contributed by atoms with E-state index in [2.05, 4.69) is 0 Å². The van der Waals surface area contributed by atoms with Gasteiger partial charge in [0.2, 0.25) is 0 Å². The molecule has 0 unspecified atom stereocenters. The molecule has 0 bridgehead atoms. The van der Waals surface area contributed by atoms with Crippen molar-refractivity contribution in [3.05, 3.63) is 71.1 Å². The minimum Gasteiger partial charge on any atom is -0.492 e. The van der Waals surface area contributed by atoms with E-state index in [9.17, 15) is 18.0 Å². The number of ether oxygens (including phenoxy) is 3. The molecule has 0 spiro atoms. The lowest BCUT2D eigenvalue weighted by Crippen LogP contribution is -2.24. The maximum absolute atomic E-state index is 13.2. The molecule has 198 valence electrons. The molecule has 10 heteroatoms. The molecule has 3 rings (SSSR count). The van der Waals surface area contributed by atoms with Crippen LogP contribution >= 0.6 is 11.6 Å². The molecular formula is C27H29ClO8S. The zero-order valence-corrected chi connectivity index (χ0v) is 22.6. The normalized spacial score (nSPS) is 11.7. The van der Waals surface area contributed by atoms with Gasteiger partial charge in [-0.1, -0.05) is 29.8 Å². The summed E-state index contributed by atoms with van der Waals surface area (Å²) in [6.07, 6.45) is 3.36. The molecule has 0 fully saturated rings.